The molecule has 0 spiro atoms. The first-order valence-electron chi connectivity index (χ1n) is 4.60. The second kappa shape index (κ2) is 8.91. The zero-order valence-corrected chi connectivity index (χ0v) is 8.78. The van der Waals surface area contributed by atoms with Crippen LogP contribution in [0.25, 0.3) is 0 Å². The number of carbonyl (C=O) groups is 1. The third-order valence-corrected chi connectivity index (χ3v) is 2.12. The fourth-order valence-corrected chi connectivity index (χ4v) is 1.25. The molecule has 0 aromatic rings. The van der Waals surface area contributed by atoms with Crippen LogP contribution in [0.4, 0.5) is 4.79 Å². The van der Waals surface area contributed by atoms with E-state index >= 15 is 0 Å². The van der Waals surface area contributed by atoms with Crippen LogP contribution < -0.4 is 0 Å². The van der Waals surface area contributed by atoms with Gasteiger partial charge < -0.3 is 4.74 Å². The van der Waals surface area contributed by atoms with Crippen LogP contribution in [0.5, 0.6) is 0 Å². The Bertz CT molecular complexity index is 115. The lowest BCUT2D eigenvalue weighted by Gasteiger charge is -2.01. The standard InChI is InChI=1S/C9H18O2S/c1-3-5-6-7-8-11-9(10)12-4-2/h3-8H2,1-2H3. The third-order valence-electron chi connectivity index (χ3n) is 1.48. The van der Waals surface area contributed by atoms with Crippen molar-refractivity contribution in [1.29, 1.82) is 0 Å². The van der Waals surface area contributed by atoms with Crippen molar-refractivity contribution in [3.63, 3.8) is 0 Å². The Labute approximate surface area is 79.1 Å². The van der Waals surface area contributed by atoms with E-state index in [1.165, 1.54) is 31.0 Å². The van der Waals surface area contributed by atoms with Gasteiger partial charge in [-0.3, -0.25) is 0 Å². The number of rotatable bonds is 6. The van der Waals surface area contributed by atoms with E-state index in [4.69, 9.17) is 4.74 Å². The molecule has 0 heterocycles. The fourth-order valence-electron chi connectivity index (χ4n) is 0.844. The van der Waals surface area contributed by atoms with Gasteiger partial charge in [-0.25, -0.2) is 4.79 Å². The molecule has 0 fully saturated rings. The summed E-state index contributed by atoms with van der Waals surface area (Å²) in [5, 5.41) is -0.131. The summed E-state index contributed by atoms with van der Waals surface area (Å²) in [5.41, 5.74) is 0. The number of unbranched alkanes of at least 4 members (excludes halogenated alkanes) is 3. The summed E-state index contributed by atoms with van der Waals surface area (Å²) in [6.07, 6.45) is 4.63. The van der Waals surface area contributed by atoms with Crippen LogP contribution >= 0.6 is 11.8 Å². The van der Waals surface area contributed by atoms with E-state index in [0.29, 0.717) is 6.61 Å². The van der Waals surface area contributed by atoms with Crippen LogP contribution in [0.1, 0.15) is 39.5 Å². The van der Waals surface area contributed by atoms with Gasteiger partial charge in [-0.15, -0.1) is 0 Å². The van der Waals surface area contributed by atoms with E-state index in [-0.39, 0.29) is 5.30 Å². The van der Waals surface area contributed by atoms with E-state index in [1.807, 2.05) is 6.92 Å². The Hall–Kier alpha value is -0.180. The summed E-state index contributed by atoms with van der Waals surface area (Å²) in [5.74, 6) is 0.799. The van der Waals surface area contributed by atoms with Gasteiger partial charge in [-0.05, 0) is 18.2 Å². The summed E-state index contributed by atoms with van der Waals surface area (Å²) in [6, 6.07) is 0. The maximum absolute atomic E-state index is 10.8. The Morgan fingerprint density at radius 3 is 2.58 bits per heavy atom. The summed E-state index contributed by atoms with van der Waals surface area (Å²) < 4.78 is 4.95. The molecule has 0 rings (SSSR count). The summed E-state index contributed by atoms with van der Waals surface area (Å²) in [6.45, 7) is 4.70. The molecule has 0 aliphatic heterocycles. The van der Waals surface area contributed by atoms with Crippen LogP contribution in [0.2, 0.25) is 0 Å². The van der Waals surface area contributed by atoms with Crippen LogP contribution in [0.3, 0.4) is 0 Å². The molecule has 0 saturated carbocycles. The van der Waals surface area contributed by atoms with Gasteiger partial charge in [0.15, 0.2) is 0 Å². The van der Waals surface area contributed by atoms with Crippen LogP contribution in [0, 0.1) is 0 Å². The molecular formula is C9H18O2S. The number of hydrogen-bond acceptors (Lipinski definition) is 3. The van der Waals surface area contributed by atoms with Crippen molar-refractivity contribution in [2.24, 2.45) is 0 Å². The molecule has 72 valence electrons. The Kier molecular flexibility index (Phi) is 8.78. The van der Waals surface area contributed by atoms with Gasteiger partial charge in [0.1, 0.15) is 0 Å². The quantitative estimate of drug-likeness (QED) is 0.474. The predicted octanol–water partition coefficient (Wildman–Crippen LogP) is 3.46. The van der Waals surface area contributed by atoms with E-state index < -0.39 is 0 Å². The van der Waals surface area contributed by atoms with Crippen molar-refractivity contribution < 1.29 is 9.53 Å². The molecule has 0 aromatic heterocycles. The first-order chi connectivity index (χ1) is 5.81. The summed E-state index contributed by atoms with van der Waals surface area (Å²) >= 11 is 1.23. The highest BCUT2D eigenvalue weighted by Gasteiger charge is 1.99. The second-order valence-corrected chi connectivity index (χ2v) is 3.79. The third kappa shape index (κ3) is 7.92. The monoisotopic (exact) mass is 190 g/mol. The first-order valence-corrected chi connectivity index (χ1v) is 5.59. The van der Waals surface area contributed by atoms with Crippen molar-refractivity contribution in [3.8, 4) is 0 Å². The molecule has 2 nitrogen and oxygen atoms in total. The SMILES string of the molecule is CCCCCCOC(=O)SCC. The zero-order valence-electron chi connectivity index (χ0n) is 7.97. The molecule has 0 atom stereocenters. The largest absolute Gasteiger partial charge is 0.458 e. The van der Waals surface area contributed by atoms with Crippen LogP contribution in [-0.4, -0.2) is 17.7 Å². The van der Waals surface area contributed by atoms with Gasteiger partial charge >= 0.3 is 5.30 Å². The minimum Gasteiger partial charge on any atom is -0.458 e. The maximum atomic E-state index is 10.8. The van der Waals surface area contributed by atoms with Crippen molar-refractivity contribution in [2.75, 3.05) is 12.4 Å². The topological polar surface area (TPSA) is 26.3 Å². The van der Waals surface area contributed by atoms with Crippen LogP contribution in [-0.2, 0) is 4.74 Å². The van der Waals surface area contributed by atoms with Gasteiger partial charge in [-0.1, -0.05) is 33.1 Å². The molecule has 0 aliphatic carbocycles. The number of hydrogen-bond donors (Lipinski definition) is 0. The van der Waals surface area contributed by atoms with Crippen molar-refractivity contribution >= 4 is 17.1 Å². The van der Waals surface area contributed by atoms with E-state index in [1.54, 1.807) is 0 Å². The summed E-state index contributed by atoms with van der Waals surface area (Å²) in [4.78, 5) is 10.8. The number of ether oxygens (including phenoxy) is 1. The fraction of sp³-hybridized carbons (Fsp3) is 0.889. The Morgan fingerprint density at radius 1 is 1.25 bits per heavy atom. The van der Waals surface area contributed by atoms with Crippen molar-refractivity contribution in [1.82, 2.24) is 0 Å². The molecular weight excluding hydrogens is 172 g/mol. The Morgan fingerprint density at radius 2 is 2.00 bits per heavy atom. The maximum Gasteiger partial charge on any atom is 0.367 e. The lowest BCUT2D eigenvalue weighted by molar-refractivity contribution is 0.172. The normalized spacial score (nSPS) is 9.83. The molecule has 0 saturated heterocycles. The minimum atomic E-state index is -0.131. The molecule has 0 amide bonds. The van der Waals surface area contributed by atoms with E-state index in [0.717, 1.165) is 12.2 Å². The van der Waals surface area contributed by atoms with Crippen LogP contribution in [0.15, 0.2) is 0 Å². The first kappa shape index (κ1) is 11.8. The van der Waals surface area contributed by atoms with Crippen molar-refractivity contribution in [3.05, 3.63) is 0 Å². The van der Waals surface area contributed by atoms with Crippen molar-refractivity contribution in [2.45, 2.75) is 39.5 Å². The summed E-state index contributed by atoms with van der Waals surface area (Å²) in [7, 11) is 0. The second-order valence-electron chi connectivity index (χ2n) is 2.59. The Balaban J connectivity index is 3.03. The number of carbonyl (C=O) groups excluding carboxylic acids is 1. The van der Waals surface area contributed by atoms with Gasteiger partial charge in [0, 0.05) is 5.75 Å². The highest BCUT2D eigenvalue weighted by Crippen LogP contribution is 2.05. The molecule has 0 radical (unpaired) electrons. The molecule has 12 heavy (non-hydrogen) atoms. The van der Waals surface area contributed by atoms with Gasteiger partial charge in [0.25, 0.3) is 0 Å². The lowest BCUT2D eigenvalue weighted by Crippen LogP contribution is -1.99. The molecule has 0 N–H and O–H groups in total. The number of thioether (sulfide) groups is 1. The average molecular weight is 190 g/mol. The van der Waals surface area contributed by atoms with E-state index in [9.17, 15) is 4.79 Å². The average Bonchev–Trinajstić information content (AvgIpc) is 2.05. The minimum absolute atomic E-state index is 0.131. The molecule has 0 aliphatic rings. The smallest absolute Gasteiger partial charge is 0.367 e. The predicted molar refractivity (Wildman–Crippen MR) is 53.6 cm³/mol. The van der Waals surface area contributed by atoms with Gasteiger partial charge in [0.05, 0.1) is 6.61 Å². The molecule has 0 unspecified atom stereocenters. The zero-order chi connectivity index (χ0) is 9.23. The van der Waals surface area contributed by atoms with Gasteiger partial charge in [-0.2, -0.15) is 0 Å². The van der Waals surface area contributed by atoms with Gasteiger partial charge in [0.2, 0.25) is 0 Å². The van der Waals surface area contributed by atoms with E-state index in [2.05, 4.69) is 6.92 Å². The highest BCUT2D eigenvalue weighted by atomic mass is 32.2. The molecule has 0 bridgehead atoms. The highest BCUT2D eigenvalue weighted by molar-refractivity contribution is 8.13. The molecule has 0 aromatic carbocycles. The lowest BCUT2D eigenvalue weighted by atomic mass is 10.2. The molecule has 3 heteroatoms.